The van der Waals surface area contributed by atoms with E-state index in [-0.39, 0.29) is 11.9 Å². The second-order valence-corrected chi connectivity index (χ2v) is 4.60. The fourth-order valence-electron chi connectivity index (χ4n) is 1.89. The molecule has 0 spiro atoms. The predicted molar refractivity (Wildman–Crippen MR) is 74.5 cm³/mol. The van der Waals surface area contributed by atoms with Gasteiger partial charge in [0.1, 0.15) is 5.82 Å². The van der Waals surface area contributed by atoms with E-state index in [2.05, 4.69) is 12.2 Å². The largest absolute Gasteiger partial charge is 0.378 e. The van der Waals surface area contributed by atoms with Crippen molar-refractivity contribution in [3.05, 3.63) is 64.9 Å². The van der Waals surface area contributed by atoms with Crippen LogP contribution in [0.1, 0.15) is 24.9 Å². The molecule has 0 amide bonds. The van der Waals surface area contributed by atoms with E-state index in [1.807, 2.05) is 30.3 Å². The second-order valence-electron chi connectivity index (χ2n) is 4.17. The van der Waals surface area contributed by atoms with Crippen molar-refractivity contribution in [1.29, 1.82) is 0 Å². The molecule has 0 bridgehead atoms. The highest BCUT2D eigenvalue weighted by Gasteiger charge is 2.09. The number of halogens is 2. The van der Waals surface area contributed by atoms with Crippen LogP contribution in [-0.4, -0.2) is 0 Å². The molecule has 0 aromatic heterocycles. The number of benzene rings is 2. The highest BCUT2D eigenvalue weighted by Crippen LogP contribution is 2.24. The summed E-state index contributed by atoms with van der Waals surface area (Å²) in [7, 11) is 0. The monoisotopic (exact) mass is 263 g/mol. The van der Waals surface area contributed by atoms with E-state index in [0.29, 0.717) is 5.02 Å². The van der Waals surface area contributed by atoms with E-state index in [4.69, 9.17) is 11.6 Å². The van der Waals surface area contributed by atoms with Gasteiger partial charge in [-0.15, -0.1) is 0 Å². The van der Waals surface area contributed by atoms with Gasteiger partial charge in [-0.3, -0.25) is 0 Å². The van der Waals surface area contributed by atoms with Crippen molar-refractivity contribution >= 4 is 17.3 Å². The molecule has 0 radical (unpaired) electrons. The molecular weight excluding hydrogens is 249 g/mol. The summed E-state index contributed by atoms with van der Waals surface area (Å²) >= 11 is 5.84. The standard InChI is InChI=1S/C15H15ClFN/c1-2-15(11-4-3-5-13(17)10-11)18-14-8-6-12(16)7-9-14/h3-10,15,18H,2H2,1H3. The normalized spacial score (nSPS) is 12.2. The number of hydrogen-bond acceptors (Lipinski definition) is 1. The first-order valence-electron chi connectivity index (χ1n) is 5.96. The topological polar surface area (TPSA) is 12.0 Å². The summed E-state index contributed by atoms with van der Waals surface area (Å²) in [6.07, 6.45) is 0.881. The van der Waals surface area contributed by atoms with Crippen LogP contribution in [0.3, 0.4) is 0 Å². The Labute approximate surface area is 112 Å². The predicted octanol–water partition coefficient (Wildman–Crippen LogP) is 5.04. The van der Waals surface area contributed by atoms with Gasteiger partial charge in [-0.05, 0) is 48.4 Å². The van der Waals surface area contributed by atoms with Crippen LogP contribution in [-0.2, 0) is 0 Å². The SMILES string of the molecule is CCC(Nc1ccc(Cl)cc1)c1cccc(F)c1. The van der Waals surface area contributed by atoms with Gasteiger partial charge in [0.2, 0.25) is 0 Å². The van der Waals surface area contributed by atoms with Gasteiger partial charge < -0.3 is 5.32 Å². The minimum atomic E-state index is -0.205. The molecule has 2 aromatic carbocycles. The number of hydrogen-bond donors (Lipinski definition) is 1. The maximum atomic E-state index is 13.2. The van der Waals surface area contributed by atoms with Crippen molar-refractivity contribution in [2.75, 3.05) is 5.32 Å². The number of anilines is 1. The van der Waals surface area contributed by atoms with Crippen molar-refractivity contribution < 1.29 is 4.39 Å². The summed E-state index contributed by atoms with van der Waals surface area (Å²) in [4.78, 5) is 0. The van der Waals surface area contributed by atoms with Crippen molar-refractivity contribution in [2.24, 2.45) is 0 Å². The average molecular weight is 264 g/mol. The minimum absolute atomic E-state index is 0.0990. The first-order chi connectivity index (χ1) is 8.69. The highest BCUT2D eigenvalue weighted by molar-refractivity contribution is 6.30. The minimum Gasteiger partial charge on any atom is -0.378 e. The fraction of sp³-hybridized carbons (Fsp3) is 0.200. The Morgan fingerprint density at radius 3 is 2.50 bits per heavy atom. The van der Waals surface area contributed by atoms with Gasteiger partial charge in [0.15, 0.2) is 0 Å². The van der Waals surface area contributed by atoms with Gasteiger partial charge in [-0.1, -0.05) is 30.7 Å². The Hall–Kier alpha value is -1.54. The molecule has 0 aliphatic heterocycles. The zero-order valence-electron chi connectivity index (χ0n) is 10.2. The van der Waals surface area contributed by atoms with Gasteiger partial charge >= 0.3 is 0 Å². The number of nitrogens with one attached hydrogen (secondary N) is 1. The molecule has 1 atom stereocenters. The van der Waals surface area contributed by atoms with E-state index in [9.17, 15) is 4.39 Å². The molecule has 0 aliphatic carbocycles. The average Bonchev–Trinajstić information content (AvgIpc) is 2.38. The van der Waals surface area contributed by atoms with Gasteiger partial charge in [0.25, 0.3) is 0 Å². The third-order valence-corrected chi connectivity index (χ3v) is 3.10. The molecule has 0 fully saturated rings. The quantitative estimate of drug-likeness (QED) is 0.815. The maximum absolute atomic E-state index is 13.2. The van der Waals surface area contributed by atoms with Gasteiger partial charge in [0, 0.05) is 10.7 Å². The van der Waals surface area contributed by atoms with E-state index >= 15 is 0 Å². The molecule has 18 heavy (non-hydrogen) atoms. The summed E-state index contributed by atoms with van der Waals surface area (Å²) < 4.78 is 13.2. The van der Waals surface area contributed by atoms with Gasteiger partial charge in [0.05, 0.1) is 6.04 Å². The molecule has 0 saturated heterocycles. The Morgan fingerprint density at radius 2 is 1.89 bits per heavy atom. The summed E-state index contributed by atoms with van der Waals surface area (Å²) in [5.74, 6) is -0.205. The summed E-state index contributed by atoms with van der Waals surface area (Å²) in [5, 5.41) is 4.08. The highest BCUT2D eigenvalue weighted by atomic mass is 35.5. The maximum Gasteiger partial charge on any atom is 0.123 e. The third-order valence-electron chi connectivity index (χ3n) is 2.84. The van der Waals surface area contributed by atoms with Gasteiger partial charge in [-0.2, -0.15) is 0 Å². The number of rotatable bonds is 4. The van der Waals surface area contributed by atoms with Crippen LogP contribution in [0.25, 0.3) is 0 Å². The van der Waals surface area contributed by atoms with Crippen LogP contribution >= 0.6 is 11.6 Å². The summed E-state index contributed by atoms with van der Waals surface area (Å²) in [6.45, 7) is 2.07. The lowest BCUT2D eigenvalue weighted by atomic mass is 10.0. The van der Waals surface area contributed by atoms with E-state index < -0.39 is 0 Å². The van der Waals surface area contributed by atoms with E-state index in [1.54, 1.807) is 12.1 Å². The lowest BCUT2D eigenvalue weighted by molar-refractivity contribution is 0.621. The van der Waals surface area contributed by atoms with Crippen molar-refractivity contribution in [1.82, 2.24) is 0 Å². The molecular formula is C15H15ClFN. The van der Waals surface area contributed by atoms with Crippen LogP contribution in [0, 0.1) is 5.82 Å². The smallest absolute Gasteiger partial charge is 0.123 e. The van der Waals surface area contributed by atoms with Crippen LogP contribution in [0.4, 0.5) is 10.1 Å². The lowest BCUT2D eigenvalue weighted by Crippen LogP contribution is -2.09. The summed E-state index contributed by atoms with van der Waals surface area (Å²) in [6, 6.07) is 14.3. The molecule has 1 nitrogen and oxygen atoms in total. The molecule has 0 heterocycles. The Bertz CT molecular complexity index is 510. The molecule has 94 valence electrons. The first-order valence-corrected chi connectivity index (χ1v) is 6.34. The molecule has 3 heteroatoms. The van der Waals surface area contributed by atoms with E-state index in [1.165, 1.54) is 6.07 Å². The fourth-order valence-corrected chi connectivity index (χ4v) is 2.02. The summed E-state index contributed by atoms with van der Waals surface area (Å²) in [5.41, 5.74) is 1.93. The molecule has 2 rings (SSSR count). The van der Waals surface area contributed by atoms with Crippen LogP contribution < -0.4 is 5.32 Å². The first kappa shape index (κ1) is 12.9. The van der Waals surface area contributed by atoms with Crippen LogP contribution in [0.15, 0.2) is 48.5 Å². The van der Waals surface area contributed by atoms with Crippen molar-refractivity contribution in [3.8, 4) is 0 Å². The second kappa shape index (κ2) is 5.87. The zero-order valence-corrected chi connectivity index (χ0v) is 10.9. The molecule has 0 aliphatic rings. The van der Waals surface area contributed by atoms with Crippen LogP contribution in [0.2, 0.25) is 5.02 Å². The Balaban J connectivity index is 2.17. The third kappa shape index (κ3) is 3.23. The Morgan fingerprint density at radius 1 is 1.17 bits per heavy atom. The lowest BCUT2D eigenvalue weighted by Gasteiger charge is -2.19. The molecule has 1 unspecified atom stereocenters. The molecule has 1 N–H and O–H groups in total. The van der Waals surface area contributed by atoms with Crippen molar-refractivity contribution in [2.45, 2.75) is 19.4 Å². The zero-order chi connectivity index (χ0) is 13.0. The van der Waals surface area contributed by atoms with Gasteiger partial charge in [-0.25, -0.2) is 4.39 Å². The molecule has 2 aromatic rings. The van der Waals surface area contributed by atoms with Crippen LogP contribution in [0.5, 0.6) is 0 Å². The van der Waals surface area contributed by atoms with E-state index in [0.717, 1.165) is 17.7 Å². The Kier molecular flexibility index (Phi) is 4.21. The van der Waals surface area contributed by atoms with Crippen molar-refractivity contribution in [3.63, 3.8) is 0 Å². The molecule has 0 saturated carbocycles.